The van der Waals surface area contributed by atoms with E-state index in [1.165, 1.54) is 0 Å². The van der Waals surface area contributed by atoms with Gasteiger partial charge in [0.2, 0.25) is 5.96 Å². The van der Waals surface area contributed by atoms with Gasteiger partial charge in [0.25, 0.3) is 5.91 Å². The van der Waals surface area contributed by atoms with Crippen molar-refractivity contribution in [3.63, 3.8) is 0 Å². The zero-order valence-electron chi connectivity index (χ0n) is 17.0. The van der Waals surface area contributed by atoms with Crippen LogP contribution in [0.3, 0.4) is 0 Å². The van der Waals surface area contributed by atoms with E-state index in [0.717, 1.165) is 29.2 Å². The van der Waals surface area contributed by atoms with Crippen LogP contribution in [0.15, 0.2) is 58.0 Å². The maximum atomic E-state index is 12.8. The highest BCUT2D eigenvalue weighted by Gasteiger charge is 2.14. The number of nitrogens with one attached hydrogen (secondary N) is 2. The van der Waals surface area contributed by atoms with Crippen LogP contribution in [0.5, 0.6) is 0 Å². The molecule has 3 aromatic rings. The number of aromatic nitrogens is 2. The van der Waals surface area contributed by atoms with Crippen molar-refractivity contribution < 1.29 is 4.79 Å². The van der Waals surface area contributed by atoms with Gasteiger partial charge in [0, 0.05) is 33.0 Å². The first-order chi connectivity index (χ1) is 14.4. The number of hydrogen-bond acceptors (Lipinski definition) is 3. The van der Waals surface area contributed by atoms with Crippen LogP contribution in [0, 0.1) is 13.8 Å². The average Bonchev–Trinajstić information content (AvgIpc) is 2.99. The topological polar surface area (TPSA) is 71.3 Å². The van der Waals surface area contributed by atoms with Gasteiger partial charge in [-0.2, -0.15) is 5.10 Å². The summed E-state index contributed by atoms with van der Waals surface area (Å²) in [5.74, 6) is 0.0644. The number of rotatable bonds is 5. The summed E-state index contributed by atoms with van der Waals surface area (Å²) in [4.78, 5) is 17.5. The third kappa shape index (κ3) is 5.29. The van der Waals surface area contributed by atoms with Crippen LogP contribution >= 0.6 is 27.5 Å². The summed E-state index contributed by atoms with van der Waals surface area (Å²) in [6.07, 6.45) is 0. The van der Waals surface area contributed by atoms with Gasteiger partial charge >= 0.3 is 0 Å². The van der Waals surface area contributed by atoms with Crippen molar-refractivity contribution in [3.05, 3.63) is 80.5 Å². The molecule has 30 heavy (non-hydrogen) atoms. The highest BCUT2D eigenvalue weighted by Crippen LogP contribution is 2.18. The molecule has 1 heterocycles. The number of carbonyl (C=O) groups excluding carboxylic acids is 1. The normalized spacial score (nSPS) is 11.4. The van der Waals surface area contributed by atoms with Crippen LogP contribution in [-0.2, 0) is 13.1 Å². The summed E-state index contributed by atoms with van der Waals surface area (Å²) in [7, 11) is 0. The second-order valence-corrected chi connectivity index (χ2v) is 7.99. The zero-order valence-corrected chi connectivity index (χ0v) is 19.4. The lowest BCUT2D eigenvalue weighted by Crippen LogP contribution is -2.36. The maximum Gasteiger partial charge on any atom is 0.259 e. The van der Waals surface area contributed by atoms with Gasteiger partial charge in [-0.3, -0.25) is 14.8 Å². The van der Waals surface area contributed by atoms with Crippen LogP contribution in [0.2, 0.25) is 5.02 Å². The summed E-state index contributed by atoms with van der Waals surface area (Å²) in [5, 5.41) is 11.2. The van der Waals surface area contributed by atoms with Gasteiger partial charge in [0.15, 0.2) is 0 Å². The maximum absolute atomic E-state index is 12.8. The number of aryl methyl sites for hydroxylation is 2. The molecule has 0 aliphatic carbocycles. The van der Waals surface area contributed by atoms with E-state index in [1.54, 1.807) is 18.2 Å². The van der Waals surface area contributed by atoms with Crippen molar-refractivity contribution in [3.8, 4) is 0 Å². The van der Waals surface area contributed by atoms with E-state index in [0.29, 0.717) is 27.6 Å². The van der Waals surface area contributed by atoms with Crippen LogP contribution in [0.25, 0.3) is 0 Å². The molecule has 0 fully saturated rings. The lowest BCUT2D eigenvalue weighted by atomic mass is 10.2. The van der Waals surface area contributed by atoms with Crippen molar-refractivity contribution in [1.29, 1.82) is 0 Å². The third-order valence-corrected chi connectivity index (χ3v) is 5.59. The van der Waals surface area contributed by atoms with E-state index in [-0.39, 0.29) is 5.91 Å². The molecule has 0 aliphatic rings. The minimum Gasteiger partial charge on any atom is -0.326 e. The van der Waals surface area contributed by atoms with E-state index in [1.807, 2.05) is 48.9 Å². The molecule has 0 saturated carbocycles. The molecule has 2 aromatic carbocycles. The van der Waals surface area contributed by atoms with Crippen molar-refractivity contribution in [2.45, 2.75) is 33.9 Å². The fraction of sp³-hybridized carbons (Fsp3) is 0.227. The Kier molecular flexibility index (Phi) is 7.29. The molecular formula is C22H23BrClN5O. The minimum atomic E-state index is -0.270. The van der Waals surface area contributed by atoms with Crippen molar-refractivity contribution in [1.82, 2.24) is 15.1 Å². The van der Waals surface area contributed by atoms with E-state index in [4.69, 9.17) is 11.6 Å². The standard InChI is InChI=1S/C22H23BrClN5O/c1-4-29-15(3)19(14(2)28-29)13-25-22(26-17-9-7-8-16(24)12-17)27-21(30)18-10-5-6-11-20(18)23/h5-12H,4,13H2,1-3H3,(H2,25,26,27,30). The number of amides is 1. The molecule has 8 heteroatoms. The SMILES string of the molecule is CCn1nc(C)c(CN=C(NC(=O)c2ccccc2Br)Nc2cccc(Cl)c2)c1C. The highest BCUT2D eigenvalue weighted by atomic mass is 79.9. The fourth-order valence-electron chi connectivity index (χ4n) is 3.06. The van der Waals surface area contributed by atoms with Crippen LogP contribution in [-0.4, -0.2) is 21.6 Å². The Morgan fingerprint density at radius 1 is 1.20 bits per heavy atom. The summed E-state index contributed by atoms with van der Waals surface area (Å²) < 4.78 is 2.66. The Balaban J connectivity index is 1.89. The first-order valence-electron chi connectivity index (χ1n) is 9.54. The number of carbonyl (C=O) groups is 1. The second-order valence-electron chi connectivity index (χ2n) is 6.70. The molecule has 0 spiro atoms. The average molecular weight is 489 g/mol. The van der Waals surface area contributed by atoms with Gasteiger partial charge in [-0.15, -0.1) is 0 Å². The Morgan fingerprint density at radius 2 is 1.97 bits per heavy atom. The van der Waals surface area contributed by atoms with Crippen LogP contribution < -0.4 is 10.6 Å². The van der Waals surface area contributed by atoms with E-state index in [9.17, 15) is 4.79 Å². The molecule has 1 amide bonds. The summed E-state index contributed by atoms with van der Waals surface area (Å²) in [6.45, 7) is 7.22. The van der Waals surface area contributed by atoms with Crippen LogP contribution in [0.4, 0.5) is 5.69 Å². The Bertz CT molecular complexity index is 1090. The number of benzene rings is 2. The van der Waals surface area contributed by atoms with Gasteiger partial charge in [0.1, 0.15) is 0 Å². The van der Waals surface area contributed by atoms with Gasteiger partial charge in [0.05, 0.1) is 17.8 Å². The highest BCUT2D eigenvalue weighted by molar-refractivity contribution is 9.10. The predicted molar refractivity (Wildman–Crippen MR) is 125 cm³/mol. The number of hydrogen-bond donors (Lipinski definition) is 2. The largest absolute Gasteiger partial charge is 0.326 e. The number of guanidine groups is 1. The molecule has 156 valence electrons. The quantitative estimate of drug-likeness (QED) is 0.376. The van der Waals surface area contributed by atoms with Crippen molar-refractivity contribution in [2.24, 2.45) is 4.99 Å². The van der Waals surface area contributed by atoms with E-state index < -0.39 is 0 Å². The lowest BCUT2D eigenvalue weighted by molar-refractivity contribution is 0.0976. The summed E-state index contributed by atoms with van der Waals surface area (Å²) in [5.41, 5.74) is 4.28. The number of halogens is 2. The molecule has 1 aromatic heterocycles. The molecule has 0 atom stereocenters. The lowest BCUT2D eigenvalue weighted by Gasteiger charge is -2.13. The zero-order chi connectivity index (χ0) is 21.7. The van der Waals surface area contributed by atoms with Gasteiger partial charge in [-0.05, 0) is 67.0 Å². The first kappa shape index (κ1) is 22.1. The Hall–Kier alpha value is -2.64. The summed E-state index contributed by atoms with van der Waals surface area (Å²) in [6, 6.07) is 14.5. The Labute approximate surface area is 189 Å². The molecule has 0 saturated heterocycles. The molecule has 3 rings (SSSR count). The van der Waals surface area contributed by atoms with Gasteiger partial charge < -0.3 is 5.32 Å². The predicted octanol–water partition coefficient (Wildman–Crippen LogP) is 5.33. The van der Waals surface area contributed by atoms with Gasteiger partial charge in [-0.25, -0.2) is 4.99 Å². The molecular weight excluding hydrogens is 466 g/mol. The van der Waals surface area contributed by atoms with Crippen LogP contribution in [0.1, 0.15) is 34.2 Å². The number of aliphatic imine (C=N–C) groups is 1. The van der Waals surface area contributed by atoms with E-state index >= 15 is 0 Å². The first-order valence-corrected chi connectivity index (χ1v) is 10.7. The molecule has 0 aliphatic heterocycles. The monoisotopic (exact) mass is 487 g/mol. The van der Waals surface area contributed by atoms with E-state index in [2.05, 4.69) is 43.6 Å². The molecule has 0 bridgehead atoms. The second kappa shape index (κ2) is 9.91. The Morgan fingerprint density at radius 3 is 2.63 bits per heavy atom. The number of nitrogens with zero attached hydrogens (tertiary/aromatic N) is 3. The third-order valence-electron chi connectivity index (χ3n) is 4.66. The van der Waals surface area contributed by atoms with Crippen molar-refractivity contribution >= 4 is 45.1 Å². The fourth-order valence-corrected chi connectivity index (χ4v) is 3.72. The molecule has 6 nitrogen and oxygen atoms in total. The minimum absolute atomic E-state index is 0.270. The summed E-state index contributed by atoms with van der Waals surface area (Å²) >= 11 is 9.52. The molecule has 0 unspecified atom stereocenters. The smallest absolute Gasteiger partial charge is 0.259 e. The van der Waals surface area contributed by atoms with Crippen molar-refractivity contribution in [2.75, 3.05) is 5.32 Å². The molecule has 2 N–H and O–H groups in total. The molecule has 0 radical (unpaired) electrons. The van der Waals surface area contributed by atoms with Gasteiger partial charge in [-0.1, -0.05) is 29.8 Å². The number of anilines is 1.